The molecule has 3 N–H and O–H groups in total. The lowest BCUT2D eigenvalue weighted by atomic mass is 10.0. The topological polar surface area (TPSA) is 92.5 Å². The van der Waals surface area contributed by atoms with Crippen molar-refractivity contribution in [1.82, 2.24) is 10.2 Å². The van der Waals surface area contributed by atoms with Crippen molar-refractivity contribution < 1.29 is 17.6 Å². The highest BCUT2D eigenvalue weighted by Gasteiger charge is 2.30. The lowest BCUT2D eigenvalue weighted by Crippen LogP contribution is -2.50. The van der Waals surface area contributed by atoms with Gasteiger partial charge in [0.05, 0.1) is 10.9 Å². The van der Waals surface area contributed by atoms with Gasteiger partial charge in [-0.1, -0.05) is 6.07 Å². The van der Waals surface area contributed by atoms with Crippen molar-refractivity contribution in [3.05, 3.63) is 29.6 Å². The summed E-state index contributed by atoms with van der Waals surface area (Å²) in [6, 6.07) is 2.39. The number of halogens is 1. The Hall–Kier alpha value is -1.67. The van der Waals surface area contributed by atoms with E-state index in [0.29, 0.717) is 25.2 Å². The van der Waals surface area contributed by atoms with E-state index >= 15 is 0 Å². The fourth-order valence-corrected chi connectivity index (χ4v) is 3.31. The maximum absolute atomic E-state index is 13.3. The van der Waals surface area contributed by atoms with Crippen LogP contribution in [0.15, 0.2) is 23.1 Å². The number of hydrogen-bond acceptors (Lipinski definition) is 4. The Balaban J connectivity index is 2.53. The lowest BCUT2D eigenvalue weighted by molar-refractivity contribution is 0.166. The fraction of sp³-hybridized carbons (Fsp3) is 0.417. The molecular formula is C12H16FN3O3S. The van der Waals surface area contributed by atoms with Gasteiger partial charge in [-0.15, -0.1) is 0 Å². The smallest absolute Gasteiger partial charge is 0.315 e. The molecule has 0 bridgehead atoms. The zero-order chi connectivity index (χ0) is 14.9. The van der Waals surface area contributed by atoms with Crippen LogP contribution in [-0.2, 0) is 9.84 Å². The number of nitrogens with zero attached hydrogens (tertiary/aromatic N) is 1. The highest BCUT2D eigenvalue weighted by molar-refractivity contribution is 7.90. The number of piperazine rings is 1. The first-order valence-electron chi connectivity index (χ1n) is 6.07. The van der Waals surface area contributed by atoms with Crippen LogP contribution in [0.25, 0.3) is 0 Å². The summed E-state index contributed by atoms with van der Waals surface area (Å²) in [5, 5.41) is 3.07. The first-order valence-corrected chi connectivity index (χ1v) is 7.96. The summed E-state index contributed by atoms with van der Waals surface area (Å²) in [7, 11) is -3.60. The first-order chi connectivity index (χ1) is 9.30. The van der Waals surface area contributed by atoms with Crippen LogP contribution < -0.4 is 11.1 Å². The second-order valence-corrected chi connectivity index (χ2v) is 6.69. The first kappa shape index (κ1) is 14.7. The van der Waals surface area contributed by atoms with Crippen LogP contribution in [0, 0.1) is 5.82 Å². The van der Waals surface area contributed by atoms with E-state index in [4.69, 9.17) is 5.73 Å². The average molecular weight is 301 g/mol. The SMILES string of the molecule is CS(=O)(=O)c1cc(F)ccc1C1CNCCN1C(N)=O. The van der Waals surface area contributed by atoms with Crippen LogP contribution in [0.5, 0.6) is 0 Å². The van der Waals surface area contributed by atoms with Gasteiger partial charge in [0.15, 0.2) is 9.84 Å². The second kappa shape index (κ2) is 5.37. The van der Waals surface area contributed by atoms with Gasteiger partial charge in [0.25, 0.3) is 0 Å². The number of amides is 2. The Morgan fingerprint density at radius 1 is 1.50 bits per heavy atom. The van der Waals surface area contributed by atoms with Gasteiger partial charge in [0, 0.05) is 25.9 Å². The zero-order valence-electron chi connectivity index (χ0n) is 11.0. The zero-order valence-corrected chi connectivity index (χ0v) is 11.8. The molecular weight excluding hydrogens is 285 g/mol. The van der Waals surface area contributed by atoms with Gasteiger partial charge >= 0.3 is 6.03 Å². The van der Waals surface area contributed by atoms with Gasteiger partial charge < -0.3 is 16.0 Å². The maximum atomic E-state index is 13.3. The normalized spacial score (nSPS) is 19.9. The Kier molecular flexibility index (Phi) is 3.96. The van der Waals surface area contributed by atoms with Gasteiger partial charge in [0.1, 0.15) is 5.82 Å². The number of nitrogens with two attached hydrogens (primary N) is 1. The van der Waals surface area contributed by atoms with Gasteiger partial charge in [-0.05, 0) is 17.7 Å². The van der Waals surface area contributed by atoms with Crippen LogP contribution >= 0.6 is 0 Å². The van der Waals surface area contributed by atoms with E-state index < -0.39 is 27.7 Å². The van der Waals surface area contributed by atoms with Crippen molar-refractivity contribution >= 4 is 15.9 Å². The van der Waals surface area contributed by atoms with Crippen molar-refractivity contribution in [3.63, 3.8) is 0 Å². The quantitative estimate of drug-likeness (QED) is 0.819. The van der Waals surface area contributed by atoms with Gasteiger partial charge in [-0.3, -0.25) is 0 Å². The standard InChI is InChI=1S/C12H16FN3O3S/c1-20(18,19)11-6-8(13)2-3-9(11)10-7-15-4-5-16(10)12(14)17/h2-3,6,10,15H,4-5,7H2,1H3,(H2,14,17). The summed E-state index contributed by atoms with van der Waals surface area (Å²) in [6.45, 7) is 1.33. The molecule has 1 aromatic carbocycles. The van der Waals surface area contributed by atoms with E-state index in [0.717, 1.165) is 12.3 Å². The van der Waals surface area contributed by atoms with E-state index in [2.05, 4.69) is 5.32 Å². The van der Waals surface area contributed by atoms with E-state index in [1.165, 1.54) is 17.0 Å². The molecule has 20 heavy (non-hydrogen) atoms. The third kappa shape index (κ3) is 2.91. The number of sulfone groups is 1. The minimum atomic E-state index is -3.60. The van der Waals surface area contributed by atoms with Crippen molar-refractivity contribution in [2.24, 2.45) is 5.73 Å². The van der Waals surface area contributed by atoms with Crippen LogP contribution in [0.4, 0.5) is 9.18 Å². The largest absolute Gasteiger partial charge is 0.351 e. The molecule has 0 aromatic heterocycles. The molecule has 1 atom stereocenters. The monoisotopic (exact) mass is 301 g/mol. The lowest BCUT2D eigenvalue weighted by Gasteiger charge is -2.36. The molecule has 1 fully saturated rings. The summed E-state index contributed by atoms with van der Waals surface area (Å²) in [5.41, 5.74) is 5.69. The Bertz CT molecular complexity index is 633. The molecule has 1 aromatic rings. The van der Waals surface area contributed by atoms with Crippen molar-refractivity contribution in [2.75, 3.05) is 25.9 Å². The van der Waals surface area contributed by atoms with Gasteiger partial charge in [-0.2, -0.15) is 0 Å². The second-order valence-electron chi connectivity index (χ2n) is 4.71. The molecule has 0 aliphatic carbocycles. The molecule has 1 aliphatic rings. The molecule has 2 rings (SSSR count). The van der Waals surface area contributed by atoms with E-state index in [1.807, 2.05) is 0 Å². The van der Waals surface area contributed by atoms with Crippen molar-refractivity contribution in [2.45, 2.75) is 10.9 Å². The van der Waals surface area contributed by atoms with E-state index in [9.17, 15) is 17.6 Å². The number of carbonyl (C=O) groups excluding carboxylic acids is 1. The Labute approximate surface area is 116 Å². The minimum Gasteiger partial charge on any atom is -0.351 e. The molecule has 0 saturated carbocycles. The van der Waals surface area contributed by atoms with Crippen LogP contribution in [0.2, 0.25) is 0 Å². The molecule has 1 saturated heterocycles. The van der Waals surface area contributed by atoms with Crippen molar-refractivity contribution in [1.29, 1.82) is 0 Å². The number of benzene rings is 1. The summed E-state index contributed by atoms with van der Waals surface area (Å²) in [4.78, 5) is 12.7. The number of rotatable bonds is 2. The molecule has 0 spiro atoms. The number of hydrogen-bond donors (Lipinski definition) is 2. The van der Waals surface area contributed by atoms with Crippen LogP contribution in [0.1, 0.15) is 11.6 Å². The Morgan fingerprint density at radius 2 is 2.20 bits per heavy atom. The highest BCUT2D eigenvalue weighted by Crippen LogP contribution is 2.28. The van der Waals surface area contributed by atoms with Gasteiger partial charge in [-0.25, -0.2) is 17.6 Å². The number of nitrogens with one attached hydrogen (secondary N) is 1. The molecule has 2 amide bonds. The molecule has 0 radical (unpaired) electrons. The number of urea groups is 1. The molecule has 6 nitrogen and oxygen atoms in total. The van der Waals surface area contributed by atoms with E-state index in [1.54, 1.807) is 0 Å². The molecule has 1 aliphatic heterocycles. The minimum absolute atomic E-state index is 0.113. The van der Waals surface area contributed by atoms with Gasteiger partial charge in [0.2, 0.25) is 0 Å². The van der Waals surface area contributed by atoms with E-state index in [-0.39, 0.29) is 4.90 Å². The van der Waals surface area contributed by atoms with Crippen LogP contribution in [0.3, 0.4) is 0 Å². The maximum Gasteiger partial charge on any atom is 0.315 e. The molecule has 110 valence electrons. The molecule has 1 heterocycles. The highest BCUT2D eigenvalue weighted by atomic mass is 32.2. The third-order valence-corrected chi connectivity index (χ3v) is 4.41. The number of carbonyl (C=O) groups is 1. The summed E-state index contributed by atoms with van der Waals surface area (Å²) < 4.78 is 36.9. The third-order valence-electron chi connectivity index (χ3n) is 3.26. The van der Waals surface area contributed by atoms with Crippen LogP contribution in [-0.4, -0.2) is 45.2 Å². The predicted molar refractivity (Wildman–Crippen MR) is 71.4 cm³/mol. The Morgan fingerprint density at radius 3 is 2.80 bits per heavy atom. The molecule has 8 heteroatoms. The predicted octanol–water partition coefficient (Wildman–Crippen LogP) is 0.254. The molecule has 1 unspecified atom stereocenters. The average Bonchev–Trinajstić information content (AvgIpc) is 2.37. The number of primary amides is 1. The summed E-state index contributed by atoms with van der Waals surface area (Å²) in [5.74, 6) is -0.636. The summed E-state index contributed by atoms with van der Waals surface area (Å²) in [6.07, 6.45) is 1.01. The van der Waals surface area contributed by atoms with Crippen molar-refractivity contribution in [3.8, 4) is 0 Å². The summed E-state index contributed by atoms with van der Waals surface area (Å²) >= 11 is 0. The fourth-order valence-electron chi connectivity index (χ4n) is 2.35.